The summed E-state index contributed by atoms with van der Waals surface area (Å²) in [6.45, 7) is 0.821. The first-order chi connectivity index (χ1) is 14.5. The van der Waals surface area contributed by atoms with E-state index in [1.807, 2.05) is 59.5 Å². The van der Waals surface area contributed by atoms with Crippen LogP contribution in [-0.2, 0) is 0 Å². The number of nitrogens with zero attached hydrogens (tertiary/aromatic N) is 5. The highest BCUT2D eigenvalue weighted by molar-refractivity contribution is 6.30. The fraction of sp³-hybridized carbons (Fsp3) is 0.174. The number of anilines is 1. The van der Waals surface area contributed by atoms with Crippen molar-refractivity contribution in [2.24, 2.45) is 0 Å². The largest absolute Gasteiger partial charge is 0.383 e. The molecule has 0 amide bonds. The third kappa shape index (κ3) is 4.20. The molecule has 7 heteroatoms. The number of aromatic nitrogens is 4. The van der Waals surface area contributed by atoms with Crippen LogP contribution in [0.25, 0.3) is 22.4 Å². The monoisotopic (exact) mass is 418 g/mol. The average Bonchev–Trinajstić information content (AvgIpc) is 3.23. The average molecular weight is 419 g/mol. The van der Waals surface area contributed by atoms with Crippen molar-refractivity contribution in [2.75, 3.05) is 26.4 Å². The highest BCUT2D eigenvalue weighted by atomic mass is 35.5. The third-order valence-electron chi connectivity index (χ3n) is 4.93. The van der Waals surface area contributed by atoms with Crippen LogP contribution in [0.5, 0.6) is 0 Å². The van der Waals surface area contributed by atoms with Crippen LogP contribution < -0.4 is 5.73 Å². The maximum Gasteiger partial charge on any atom is 0.135 e. The Morgan fingerprint density at radius 1 is 1.00 bits per heavy atom. The maximum atomic E-state index is 6.23. The van der Waals surface area contributed by atoms with Gasteiger partial charge in [-0.2, -0.15) is 5.10 Å². The van der Waals surface area contributed by atoms with Crippen LogP contribution in [0.15, 0.2) is 73.3 Å². The second kappa shape index (κ2) is 8.65. The molecule has 0 aliphatic heterocycles. The van der Waals surface area contributed by atoms with Crippen molar-refractivity contribution in [1.82, 2.24) is 24.6 Å². The molecule has 0 saturated carbocycles. The zero-order valence-corrected chi connectivity index (χ0v) is 17.7. The number of rotatable bonds is 6. The van der Waals surface area contributed by atoms with Crippen molar-refractivity contribution in [1.29, 1.82) is 0 Å². The Balaban J connectivity index is 1.77. The van der Waals surface area contributed by atoms with Crippen LogP contribution in [0.3, 0.4) is 0 Å². The lowest BCUT2D eigenvalue weighted by atomic mass is 10.0. The SMILES string of the molecule is CN(C)C[C@H](c1ccccc1)n1cc(-c2ncnc(N)c2-c2ccc(Cl)cc2)cn1. The quantitative estimate of drug-likeness (QED) is 0.502. The number of hydrogen-bond donors (Lipinski definition) is 1. The summed E-state index contributed by atoms with van der Waals surface area (Å²) < 4.78 is 1.98. The Morgan fingerprint density at radius 3 is 2.43 bits per heavy atom. The molecular weight excluding hydrogens is 396 g/mol. The summed E-state index contributed by atoms with van der Waals surface area (Å²) in [4.78, 5) is 10.9. The molecule has 2 aromatic carbocycles. The molecular formula is C23H23ClN6. The van der Waals surface area contributed by atoms with Crippen molar-refractivity contribution < 1.29 is 0 Å². The molecule has 2 heterocycles. The van der Waals surface area contributed by atoms with Gasteiger partial charge in [0.25, 0.3) is 0 Å². The van der Waals surface area contributed by atoms with Crippen molar-refractivity contribution in [2.45, 2.75) is 6.04 Å². The lowest BCUT2D eigenvalue weighted by Gasteiger charge is -2.22. The van der Waals surface area contributed by atoms with Gasteiger partial charge in [-0.25, -0.2) is 9.97 Å². The van der Waals surface area contributed by atoms with Gasteiger partial charge in [-0.05, 0) is 37.4 Å². The zero-order chi connectivity index (χ0) is 21.1. The van der Waals surface area contributed by atoms with Gasteiger partial charge in [-0.1, -0.05) is 54.1 Å². The number of nitrogen functional groups attached to an aromatic ring is 1. The van der Waals surface area contributed by atoms with E-state index < -0.39 is 0 Å². The first kappa shape index (κ1) is 20.1. The Hall–Kier alpha value is -3.22. The number of hydrogen-bond acceptors (Lipinski definition) is 5. The molecule has 2 aromatic heterocycles. The van der Waals surface area contributed by atoms with E-state index in [0.29, 0.717) is 10.8 Å². The summed E-state index contributed by atoms with van der Waals surface area (Å²) >= 11 is 6.05. The number of likely N-dealkylation sites (N-methyl/N-ethyl adjacent to an activating group) is 1. The lowest BCUT2D eigenvalue weighted by Crippen LogP contribution is -2.25. The molecule has 4 aromatic rings. The van der Waals surface area contributed by atoms with Gasteiger partial charge in [0.15, 0.2) is 0 Å². The van der Waals surface area contributed by atoms with Crippen molar-refractivity contribution in [3.05, 3.63) is 83.9 Å². The Kier molecular flexibility index (Phi) is 5.79. The molecule has 152 valence electrons. The van der Waals surface area contributed by atoms with Gasteiger partial charge in [0.05, 0.1) is 23.5 Å². The van der Waals surface area contributed by atoms with E-state index in [0.717, 1.165) is 28.9 Å². The predicted molar refractivity (Wildman–Crippen MR) is 121 cm³/mol. The highest BCUT2D eigenvalue weighted by Gasteiger charge is 2.19. The minimum absolute atomic E-state index is 0.0770. The van der Waals surface area contributed by atoms with Crippen molar-refractivity contribution in [3.63, 3.8) is 0 Å². The fourth-order valence-electron chi connectivity index (χ4n) is 3.51. The van der Waals surface area contributed by atoms with E-state index in [2.05, 4.69) is 46.2 Å². The summed E-state index contributed by atoms with van der Waals surface area (Å²) in [5, 5.41) is 5.33. The van der Waals surface area contributed by atoms with Crippen LogP contribution in [0.1, 0.15) is 11.6 Å². The molecule has 0 bridgehead atoms. The first-order valence-electron chi connectivity index (χ1n) is 9.63. The second-order valence-corrected chi connectivity index (χ2v) is 7.82. The van der Waals surface area contributed by atoms with Crippen molar-refractivity contribution >= 4 is 17.4 Å². The van der Waals surface area contributed by atoms with E-state index in [-0.39, 0.29) is 6.04 Å². The van der Waals surface area contributed by atoms with Gasteiger partial charge >= 0.3 is 0 Å². The summed E-state index contributed by atoms with van der Waals surface area (Å²) in [5.74, 6) is 0.419. The van der Waals surface area contributed by atoms with Gasteiger partial charge < -0.3 is 10.6 Å². The molecule has 0 fully saturated rings. The molecule has 4 rings (SSSR count). The number of nitrogens with two attached hydrogens (primary N) is 1. The van der Waals surface area contributed by atoms with Gasteiger partial charge in [0, 0.05) is 23.3 Å². The molecule has 0 unspecified atom stereocenters. The van der Waals surface area contributed by atoms with E-state index >= 15 is 0 Å². The van der Waals surface area contributed by atoms with Crippen LogP contribution in [0.4, 0.5) is 5.82 Å². The molecule has 2 N–H and O–H groups in total. The molecule has 0 radical (unpaired) electrons. The van der Waals surface area contributed by atoms with E-state index in [9.17, 15) is 0 Å². The molecule has 6 nitrogen and oxygen atoms in total. The van der Waals surface area contributed by atoms with Gasteiger partial charge in [-0.3, -0.25) is 4.68 Å². The summed E-state index contributed by atoms with van der Waals surface area (Å²) in [7, 11) is 4.12. The standard InChI is InChI=1S/C23H23ClN6/c1-29(2)14-20(16-6-4-3-5-7-16)30-13-18(12-28-30)22-21(23(25)27-15-26-22)17-8-10-19(24)11-9-17/h3-13,15,20H,14H2,1-2H3,(H2,25,26,27)/t20-/m1/s1. The van der Waals surface area contributed by atoms with Gasteiger partial charge in [0.1, 0.15) is 12.1 Å². The lowest BCUT2D eigenvalue weighted by molar-refractivity contribution is 0.337. The molecule has 0 aliphatic rings. The Bertz CT molecular complexity index is 1120. The molecule has 0 saturated heterocycles. The summed E-state index contributed by atoms with van der Waals surface area (Å²) in [5.41, 5.74) is 10.7. The van der Waals surface area contributed by atoms with Gasteiger partial charge in [0.2, 0.25) is 0 Å². The smallest absolute Gasteiger partial charge is 0.135 e. The molecule has 0 spiro atoms. The third-order valence-corrected chi connectivity index (χ3v) is 5.18. The number of benzene rings is 2. The number of halogens is 1. The maximum absolute atomic E-state index is 6.23. The fourth-order valence-corrected chi connectivity index (χ4v) is 3.64. The summed E-state index contributed by atoms with van der Waals surface area (Å²) in [6, 6.07) is 17.9. The van der Waals surface area contributed by atoms with E-state index in [4.69, 9.17) is 17.3 Å². The summed E-state index contributed by atoms with van der Waals surface area (Å²) in [6.07, 6.45) is 5.32. The van der Waals surface area contributed by atoms with Crippen LogP contribution in [0.2, 0.25) is 5.02 Å². The zero-order valence-electron chi connectivity index (χ0n) is 16.9. The highest BCUT2D eigenvalue weighted by Crippen LogP contribution is 2.34. The topological polar surface area (TPSA) is 72.9 Å². The first-order valence-corrected chi connectivity index (χ1v) is 10.0. The van der Waals surface area contributed by atoms with Gasteiger partial charge in [-0.15, -0.1) is 0 Å². The Morgan fingerprint density at radius 2 is 1.73 bits per heavy atom. The van der Waals surface area contributed by atoms with Crippen LogP contribution >= 0.6 is 11.6 Å². The van der Waals surface area contributed by atoms with Crippen LogP contribution in [-0.4, -0.2) is 45.3 Å². The van der Waals surface area contributed by atoms with Crippen LogP contribution in [0, 0.1) is 0 Å². The normalized spacial score (nSPS) is 12.3. The second-order valence-electron chi connectivity index (χ2n) is 7.39. The van der Waals surface area contributed by atoms with E-state index in [1.165, 1.54) is 11.9 Å². The molecule has 0 aliphatic carbocycles. The minimum Gasteiger partial charge on any atom is -0.383 e. The minimum atomic E-state index is 0.0770. The Labute approximate surface area is 181 Å². The molecule has 30 heavy (non-hydrogen) atoms. The molecule has 1 atom stereocenters. The van der Waals surface area contributed by atoms with E-state index in [1.54, 1.807) is 0 Å². The predicted octanol–water partition coefficient (Wildman–Crippen LogP) is 4.39. The van der Waals surface area contributed by atoms with Crippen molar-refractivity contribution in [3.8, 4) is 22.4 Å².